The Kier molecular flexibility index (Phi) is 6.10. The van der Waals surface area contributed by atoms with Crippen LogP contribution < -0.4 is 5.32 Å². The molecule has 25 heavy (non-hydrogen) atoms. The number of Topliss-reactive ketones (excluding diaryl/α,β-unsaturated/α-hetero) is 1. The van der Waals surface area contributed by atoms with Gasteiger partial charge in [0.2, 0.25) is 10.0 Å². The Morgan fingerprint density at radius 3 is 2.24 bits per heavy atom. The predicted molar refractivity (Wildman–Crippen MR) is 98.8 cm³/mol. The van der Waals surface area contributed by atoms with Crippen LogP contribution in [0, 0.1) is 0 Å². The van der Waals surface area contributed by atoms with E-state index in [1.165, 1.54) is 22.7 Å². The lowest BCUT2D eigenvalue weighted by Gasteiger charge is -2.17. The molecule has 0 unspecified atom stereocenters. The van der Waals surface area contributed by atoms with E-state index in [-0.39, 0.29) is 16.6 Å². The van der Waals surface area contributed by atoms with E-state index in [1.54, 1.807) is 38.1 Å². The molecule has 1 N–H and O–H groups in total. The summed E-state index contributed by atoms with van der Waals surface area (Å²) in [5, 5.41) is 4.17. The fraction of sp³-hybridized carbons (Fsp3) is 0.294. The Hall–Kier alpha value is -2.03. The molecule has 2 rings (SSSR count). The molecule has 0 aliphatic carbocycles. The van der Waals surface area contributed by atoms with E-state index >= 15 is 0 Å². The summed E-state index contributed by atoms with van der Waals surface area (Å²) in [4.78, 5) is 24.0. The van der Waals surface area contributed by atoms with Crippen molar-refractivity contribution in [2.75, 3.05) is 18.4 Å². The number of thiophene rings is 1. The zero-order chi connectivity index (χ0) is 18.6. The minimum atomic E-state index is -3.58. The van der Waals surface area contributed by atoms with Gasteiger partial charge in [0.25, 0.3) is 5.91 Å². The van der Waals surface area contributed by atoms with Crippen LogP contribution in [0.25, 0.3) is 0 Å². The van der Waals surface area contributed by atoms with Gasteiger partial charge in [-0.05, 0) is 37.3 Å². The highest BCUT2D eigenvalue weighted by Crippen LogP contribution is 2.23. The number of amides is 1. The summed E-state index contributed by atoms with van der Waals surface area (Å²) in [7, 11) is -3.58. The van der Waals surface area contributed by atoms with Gasteiger partial charge in [-0.3, -0.25) is 9.59 Å². The summed E-state index contributed by atoms with van der Waals surface area (Å²) in [5.41, 5.74) is 1.10. The van der Waals surface area contributed by atoms with E-state index in [1.807, 2.05) is 0 Å². The maximum absolute atomic E-state index is 12.5. The van der Waals surface area contributed by atoms with Gasteiger partial charge in [-0.2, -0.15) is 4.31 Å². The summed E-state index contributed by atoms with van der Waals surface area (Å²) in [6.07, 6.45) is 0. The molecule has 0 saturated heterocycles. The fourth-order valence-electron chi connectivity index (χ4n) is 2.27. The largest absolute Gasteiger partial charge is 0.321 e. The van der Waals surface area contributed by atoms with Gasteiger partial charge in [0, 0.05) is 29.7 Å². The van der Waals surface area contributed by atoms with Gasteiger partial charge in [0.05, 0.1) is 9.77 Å². The number of hydrogen-bond donors (Lipinski definition) is 1. The fourth-order valence-corrected chi connectivity index (χ4v) is 4.88. The molecule has 1 aromatic heterocycles. The van der Waals surface area contributed by atoms with E-state index in [2.05, 4.69) is 5.32 Å². The normalized spacial score (nSPS) is 11.5. The molecule has 1 heterocycles. The van der Waals surface area contributed by atoms with Crippen molar-refractivity contribution in [3.63, 3.8) is 0 Å². The maximum Gasteiger partial charge on any atom is 0.265 e. The quantitative estimate of drug-likeness (QED) is 0.748. The van der Waals surface area contributed by atoms with Gasteiger partial charge in [0.1, 0.15) is 0 Å². The molecule has 6 nitrogen and oxygen atoms in total. The number of anilines is 1. The highest BCUT2D eigenvalue weighted by molar-refractivity contribution is 7.89. The zero-order valence-corrected chi connectivity index (χ0v) is 15.9. The molecule has 2 aromatic rings. The van der Waals surface area contributed by atoms with Crippen LogP contribution in [0.4, 0.5) is 5.69 Å². The van der Waals surface area contributed by atoms with Gasteiger partial charge in [-0.25, -0.2) is 8.42 Å². The minimum Gasteiger partial charge on any atom is -0.321 e. The number of ketones is 1. The summed E-state index contributed by atoms with van der Waals surface area (Å²) >= 11 is 1.08. The van der Waals surface area contributed by atoms with Crippen LogP contribution in [-0.4, -0.2) is 37.5 Å². The Morgan fingerprint density at radius 2 is 1.72 bits per heavy atom. The molecule has 0 bridgehead atoms. The molecule has 0 fully saturated rings. The van der Waals surface area contributed by atoms with E-state index < -0.39 is 10.0 Å². The molecular weight excluding hydrogens is 360 g/mol. The lowest BCUT2D eigenvalue weighted by molar-refractivity contribution is 0.101. The van der Waals surface area contributed by atoms with Crippen LogP contribution in [0.5, 0.6) is 0 Å². The molecule has 0 atom stereocenters. The minimum absolute atomic E-state index is 0.0533. The predicted octanol–water partition coefficient (Wildman–Crippen LogP) is 3.23. The molecule has 0 spiro atoms. The SMILES string of the molecule is CCN(CC)S(=O)(=O)c1csc(C(=O)Nc2ccc(C(C)=O)cc2)c1. The summed E-state index contributed by atoms with van der Waals surface area (Å²) in [5.74, 6) is -0.441. The number of nitrogens with zero attached hydrogens (tertiary/aromatic N) is 1. The van der Waals surface area contributed by atoms with Gasteiger partial charge in [-0.1, -0.05) is 13.8 Å². The van der Waals surface area contributed by atoms with Crippen LogP contribution in [0.2, 0.25) is 0 Å². The highest BCUT2D eigenvalue weighted by atomic mass is 32.2. The number of carbonyl (C=O) groups is 2. The molecule has 8 heteroatoms. The van der Waals surface area contributed by atoms with E-state index in [4.69, 9.17) is 0 Å². The first-order valence-electron chi connectivity index (χ1n) is 7.80. The molecule has 0 aliphatic rings. The van der Waals surface area contributed by atoms with Crippen molar-refractivity contribution in [1.82, 2.24) is 4.31 Å². The van der Waals surface area contributed by atoms with Crippen molar-refractivity contribution in [2.24, 2.45) is 0 Å². The van der Waals surface area contributed by atoms with Crippen molar-refractivity contribution >= 4 is 38.7 Å². The first-order valence-corrected chi connectivity index (χ1v) is 10.1. The number of rotatable bonds is 7. The van der Waals surface area contributed by atoms with Crippen molar-refractivity contribution in [2.45, 2.75) is 25.7 Å². The second-order valence-electron chi connectivity index (χ2n) is 5.32. The highest BCUT2D eigenvalue weighted by Gasteiger charge is 2.24. The van der Waals surface area contributed by atoms with E-state index in [9.17, 15) is 18.0 Å². The van der Waals surface area contributed by atoms with Gasteiger partial charge < -0.3 is 5.32 Å². The molecule has 1 aromatic carbocycles. The van der Waals surface area contributed by atoms with Crippen LogP contribution in [0.3, 0.4) is 0 Å². The Labute approximate surface area is 151 Å². The van der Waals surface area contributed by atoms with Gasteiger partial charge in [-0.15, -0.1) is 11.3 Å². The first kappa shape index (κ1) is 19.3. The number of nitrogens with one attached hydrogen (secondary N) is 1. The van der Waals surface area contributed by atoms with Crippen molar-refractivity contribution in [3.8, 4) is 0 Å². The van der Waals surface area contributed by atoms with Gasteiger partial charge >= 0.3 is 0 Å². The standard InChI is InChI=1S/C17H20N2O4S2/c1-4-19(5-2)25(22,23)15-10-16(24-11-15)17(21)18-14-8-6-13(7-9-14)12(3)20/h6-11H,4-5H2,1-3H3,(H,18,21). The molecular formula is C17H20N2O4S2. The second-order valence-corrected chi connectivity index (χ2v) is 8.17. The Bertz CT molecular complexity index is 866. The van der Waals surface area contributed by atoms with Crippen LogP contribution in [-0.2, 0) is 10.0 Å². The molecule has 134 valence electrons. The third kappa shape index (κ3) is 4.33. The third-order valence-electron chi connectivity index (χ3n) is 3.69. The van der Waals surface area contributed by atoms with Crippen LogP contribution in [0.15, 0.2) is 40.6 Å². The second kappa shape index (κ2) is 7.90. The Morgan fingerprint density at radius 1 is 1.12 bits per heavy atom. The van der Waals surface area contributed by atoms with Crippen LogP contribution >= 0.6 is 11.3 Å². The average Bonchev–Trinajstić information content (AvgIpc) is 3.07. The lowest BCUT2D eigenvalue weighted by Crippen LogP contribution is -2.30. The number of benzene rings is 1. The van der Waals surface area contributed by atoms with E-state index in [0.717, 1.165) is 11.3 Å². The van der Waals surface area contributed by atoms with Crippen molar-refractivity contribution < 1.29 is 18.0 Å². The summed E-state index contributed by atoms with van der Waals surface area (Å²) in [6, 6.07) is 7.91. The monoisotopic (exact) mass is 380 g/mol. The number of sulfonamides is 1. The van der Waals surface area contributed by atoms with E-state index in [0.29, 0.717) is 29.2 Å². The summed E-state index contributed by atoms with van der Waals surface area (Å²) in [6.45, 7) is 5.76. The number of hydrogen-bond acceptors (Lipinski definition) is 5. The number of carbonyl (C=O) groups excluding carboxylic acids is 2. The zero-order valence-electron chi connectivity index (χ0n) is 14.3. The Balaban J connectivity index is 2.16. The van der Waals surface area contributed by atoms with Crippen molar-refractivity contribution in [1.29, 1.82) is 0 Å². The average molecular weight is 380 g/mol. The molecule has 1 amide bonds. The topological polar surface area (TPSA) is 83.6 Å². The van der Waals surface area contributed by atoms with Gasteiger partial charge in [0.15, 0.2) is 5.78 Å². The maximum atomic E-state index is 12.5. The van der Waals surface area contributed by atoms with Crippen LogP contribution in [0.1, 0.15) is 40.8 Å². The smallest absolute Gasteiger partial charge is 0.265 e. The first-order chi connectivity index (χ1) is 11.8. The third-order valence-corrected chi connectivity index (χ3v) is 6.80. The summed E-state index contributed by atoms with van der Waals surface area (Å²) < 4.78 is 26.3. The van der Waals surface area contributed by atoms with Crippen molar-refractivity contribution in [3.05, 3.63) is 46.2 Å². The molecule has 0 aliphatic heterocycles. The molecule has 0 saturated carbocycles. The molecule has 0 radical (unpaired) electrons. The lowest BCUT2D eigenvalue weighted by atomic mass is 10.1.